The first kappa shape index (κ1) is 51.7. The van der Waals surface area contributed by atoms with E-state index in [1.165, 1.54) is 219 Å². The molecule has 0 rings (SSSR count). The van der Waals surface area contributed by atoms with Crippen molar-refractivity contribution in [2.75, 3.05) is 41.3 Å². The number of nitrogens with one attached hydrogen (secondary N) is 2. The molecule has 4 heteroatoms. The second kappa shape index (κ2) is 48.3. The summed E-state index contributed by atoms with van der Waals surface area (Å²) in [5.41, 5.74) is 0. The van der Waals surface area contributed by atoms with E-state index in [0.29, 0.717) is 0 Å². The molecule has 0 aliphatic carbocycles. The van der Waals surface area contributed by atoms with E-state index in [1.54, 1.807) is 9.80 Å². The summed E-state index contributed by atoms with van der Waals surface area (Å²) in [6.45, 7) is 7.28. The molecule has 272 valence electrons. The van der Waals surface area contributed by atoms with Crippen molar-refractivity contribution < 1.29 is 43.8 Å². The lowest BCUT2D eigenvalue weighted by Gasteiger charge is -2.06. The van der Waals surface area contributed by atoms with E-state index in [-0.39, 0.29) is 34.0 Å². The van der Waals surface area contributed by atoms with Crippen molar-refractivity contribution in [3.8, 4) is 0 Å². The summed E-state index contributed by atoms with van der Waals surface area (Å²) >= 11 is 0. The number of rotatable bonds is 34. The van der Waals surface area contributed by atoms with Gasteiger partial charge >= 0.3 is 0 Å². The smallest absolute Gasteiger partial charge is 0.0766 e. The van der Waals surface area contributed by atoms with E-state index in [0.717, 1.165) is 0 Å². The molecular formula is C40H88Br2N2. The first-order valence-electron chi connectivity index (χ1n) is 20.1. The van der Waals surface area contributed by atoms with Gasteiger partial charge in [0.1, 0.15) is 0 Å². The summed E-state index contributed by atoms with van der Waals surface area (Å²) in [4.78, 5) is 3.20. The van der Waals surface area contributed by atoms with Gasteiger partial charge in [-0.05, 0) is 25.7 Å². The van der Waals surface area contributed by atoms with Gasteiger partial charge in [0.15, 0.2) is 0 Å². The van der Waals surface area contributed by atoms with Crippen LogP contribution in [0.3, 0.4) is 0 Å². The lowest BCUT2D eigenvalue weighted by molar-refractivity contribution is -0.858. The van der Waals surface area contributed by atoms with Crippen molar-refractivity contribution in [2.24, 2.45) is 0 Å². The van der Waals surface area contributed by atoms with Crippen molar-refractivity contribution in [2.45, 2.75) is 219 Å². The molecule has 0 bridgehead atoms. The van der Waals surface area contributed by atoms with Crippen LogP contribution in [-0.2, 0) is 0 Å². The molecule has 44 heavy (non-hydrogen) atoms. The van der Waals surface area contributed by atoms with Crippen LogP contribution in [0.1, 0.15) is 219 Å². The van der Waals surface area contributed by atoms with E-state index in [4.69, 9.17) is 0 Å². The third-order valence-electron chi connectivity index (χ3n) is 9.06. The molecule has 0 atom stereocenters. The second-order valence-electron chi connectivity index (χ2n) is 14.5. The molecule has 0 saturated heterocycles. The van der Waals surface area contributed by atoms with Gasteiger partial charge in [-0.15, -0.1) is 0 Å². The molecular weight excluding hydrogens is 668 g/mol. The molecule has 0 fully saturated rings. The van der Waals surface area contributed by atoms with Crippen LogP contribution in [0.15, 0.2) is 0 Å². The summed E-state index contributed by atoms with van der Waals surface area (Å²) in [7, 11) is 9.02. The van der Waals surface area contributed by atoms with Crippen molar-refractivity contribution in [1.29, 1.82) is 0 Å². The summed E-state index contributed by atoms with van der Waals surface area (Å²) in [5, 5.41) is 0. The fraction of sp³-hybridized carbons (Fsp3) is 1.00. The normalized spacial score (nSPS) is 10.9. The lowest BCUT2D eigenvalue weighted by Crippen LogP contribution is -3.05. The van der Waals surface area contributed by atoms with E-state index in [9.17, 15) is 0 Å². The lowest BCUT2D eigenvalue weighted by atomic mass is 10.0. The minimum atomic E-state index is 0. The molecule has 0 amide bonds. The van der Waals surface area contributed by atoms with Crippen LogP contribution >= 0.6 is 0 Å². The van der Waals surface area contributed by atoms with Gasteiger partial charge in [-0.3, -0.25) is 0 Å². The van der Waals surface area contributed by atoms with Gasteiger partial charge in [-0.2, -0.15) is 0 Å². The molecule has 0 aromatic heterocycles. The van der Waals surface area contributed by atoms with Crippen molar-refractivity contribution in [3.63, 3.8) is 0 Å². The van der Waals surface area contributed by atoms with Gasteiger partial charge in [-0.25, -0.2) is 0 Å². The highest BCUT2D eigenvalue weighted by atomic mass is 79.9. The minimum absolute atomic E-state index is 0. The predicted octanol–water partition coefficient (Wildman–Crippen LogP) is 4.79. The number of quaternary nitrogens is 2. The Labute approximate surface area is 303 Å². The number of hydrogen-bond acceptors (Lipinski definition) is 0. The third-order valence-corrected chi connectivity index (χ3v) is 9.06. The van der Waals surface area contributed by atoms with Crippen LogP contribution in [0.4, 0.5) is 0 Å². The van der Waals surface area contributed by atoms with Gasteiger partial charge in [0.25, 0.3) is 0 Å². The van der Waals surface area contributed by atoms with Crippen molar-refractivity contribution in [1.82, 2.24) is 0 Å². The molecule has 0 saturated carbocycles. The standard InChI is InChI=1S/2C20H43N.2BrH/c2*1-4-5-6-7-8-9-10-11-12-13-14-15-16-17-18-19-20-21(2)3;;/h2*4-20H2,1-3H3;2*1H. The zero-order chi connectivity index (χ0) is 31.2. The molecule has 0 radical (unpaired) electrons. The molecule has 0 aliphatic rings. The van der Waals surface area contributed by atoms with Crippen LogP contribution in [0, 0.1) is 0 Å². The molecule has 0 aromatic rings. The zero-order valence-electron chi connectivity index (χ0n) is 31.8. The third kappa shape index (κ3) is 55.3. The SMILES string of the molecule is CCCCCCCCCCCCCCCCCC[NH+](C)C.CCCCCCCCCCCCCCCCCC[NH+](C)C.[Br-].[Br-]. The van der Waals surface area contributed by atoms with Crippen LogP contribution in [0.2, 0.25) is 0 Å². The number of unbranched alkanes of at least 4 members (excludes halogenated alkanes) is 30. The Hall–Kier alpha value is 0.880. The van der Waals surface area contributed by atoms with Gasteiger partial charge in [0.05, 0.1) is 41.3 Å². The Balaban J connectivity index is -0.000000348. The van der Waals surface area contributed by atoms with Gasteiger partial charge < -0.3 is 43.8 Å². The molecule has 0 unspecified atom stereocenters. The first-order chi connectivity index (χ1) is 20.5. The molecule has 2 nitrogen and oxygen atoms in total. The fourth-order valence-electron chi connectivity index (χ4n) is 6.05. The average Bonchev–Trinajstić information content (AvgIpc) is 2.97. The number of hydrogen-bond donors (Lipinski definition) is 2. The molecule has 0 heterocycles. The van der Waals surface area contributed by atoms with Crippen LogP contribution < -0.4 is 43.8 Å². The van der Waals surface area contributed by atoms with Gasteiger partial charge in [0.2, 0.25) is 0 Å². The maximum absolute atomic E-state index is 2.30. The second-order valence-corrected chi connectivity index (χ2v) is 14.5. The average molecular weight is 757 g/mol. The maximum Gasteiger partial charge on any atom is 0.0766 e. The summed E-state index contributed by atoms with van der Waals surface area (Å²) in [6, 6.07) is 0. The molecule has 2 N–H and O–H groups in total. The first-order valence-corrected chi connectivity index (χ1v) is 20.1. The molecule has 0 aliphatic heterocycles. The van der Waals surface area contributed by atoms with E-state index >= 15 is 0 Å². The van der Waals surface area contributed by atoms with E-state index in [2.05, 4.69) is 42.0 Å². The highest BCUT2D eigenvalue weighted by molar-refractivity contribution is 4.51. The van der Waals surface area contributed by atoms with E-state index in [1.807, 2.05) is 0 Å². The summed E-state index contributed by atoms with van der Waals surface area (Å²) < 4.78 is 0. The summed E-state index contributed by atoms with van der Waals surface area (Å²) in [6.07, 6.45) is 46.8. The molecule has 0 aromatic carbocycles. The largest absolute Gasteiger partial charge is 1.00 e. The highest BCUT2D eigenvalue weighted by Crippen LogP contribution is 2.15. The van der Waals surface area contributed by atoms with Gasteiger partial charge in [0, 0.05) is 0 Å². The van der Waals surface area contributed by atoms with Crippen LogP contribution in [-0.4, -0.2) is 41.3 Å². The van der Waals surface area contributed by atoms with Crippen LogP contribution in [0.5, 0.6) is 0 Å². The summed E-state index contributed by atoms with van der Waals surface area (Å²) in [5.74, 6) is 0. The quantitative estimate of drug-likeness (QED) is 0.0876. The van der Waals surface area contributed by atoms with E-state index < -0.39 is 0 Å². The Morgan fingerprint density at radius 2 is 0.364 bits per heavy atom. The Bertz CT molecular complexity index is 405. The molecule has 0 spiro atoms. The Kier molecular flexibility index (Phi) is 56.7. The topological polar surface area (TPSA) is 8.88 Å². The van der Waals surface area contributed by atoms with Crippen molar-refractivity contribution >= 4 is 0 Å². The fourth-order valence-corrected chi connectivity index (χ4v) is 6.05. The number of halogens is 2. The van der Waals surface area contributed by atoms with Crippen molar-refractivity contribution in [3.05, 3.63) is 0 Å². The predicted molar refractivity (Wildman–Crippen MR) is 194 cm³/mol. The highest BCUT2D eigenvalue weighted by Gasteiger charge is 1.97. The zero-order valence-corrected chi connectivity index (χ0v) is 35.0. The Morgan fingerprint density at radius 3 is 0.500 bits per heavy atom. The minimum Gasteiger partial charge on any atom is -1.00 e. The van der Waals surface area contributed by atoms with Gasteiger partial charge in [-0.1, -0.05) is 194 Å². The maximum atomic E-state index is 2.30. The monoisotopic (exact) mass is 755 g/mol. The Morgan fingerprint density at radius 1 is 0.227 bits per heavy atom. The van der Waals surface area contributed by atoms with Crippen LogP contribution in [0.25, 0.3) is 0 Å².